The van der Waals surface area contributed by atoms with Crippen LogP contribution in [0.2, 0.25) is 0 Å². The van der Waals surface area contributed by atoms with Gasteiger partial charge in [-0.05, 0) is 0 Å². The van der Waals surface area contributed by atoms with Crippen LogP contribution in [0.1, 0.15) is 11.1 Å². The molecule has 10 heavy (non-hydrogen) atoms. The Morgan fingerprint density at radius 1 is 1.40 bits per heavy atom. The summed E-state index contributed by atoms with van der Waals surface area (Å²) in [6, 6.07) is 0. The quantitative estimate of drug-likeness (QED) is 0.571. The first-order chi connectivity index (χ1) is 4.88. The van der Waals surface area contributed by atoms with Crippen molar-refractivity contribution in [2.24, 2.45) is 0 Å². The lowest BCUT2D eigenvalue weighted by atomic mass is 10.2. The van der Waals surface area contributed by atoms with E-state index in [0.717, 1.165) is 16.8 Å². The van der Waals surface area contributed by atoms with Gasteiger partial charge in [0.25, 0.3) is 0 Å². The molecule has 0 saturated carbocycles. The van der Waals surface area contributed by atoms with E-state index < -0.39 is 0 Å². The molecular weight excluding hydrogens is 128 g/mol. The molecule has 0 aromatic carbocycles. The van der Waals surface area contributed by atoms with Crippen molar-refractivity contribution in [1.82, 2.24) is 4.98 Å². The van der Waals surface area contributed by atoms with Gasteiger partial charge in [0.1, 0.15) is 0 Å². The summed E-state index contributed by atoms with van der Waals surface area (Å²) >= 11 is 0. The Balaban J connectivity index is 2.59. The van der Waals surface area contributed by atoms with Crippen molar-refractivity contribution >= 4 is 5.69 Å². The number of rotatable bonds is 0. The molecule has 3 nitrogen and oxygen atoms in total. The van der Waals surface area contributed by atoms with Crippen LogP contribution in [-0.4, -0.2) is 4.98 Å². The smallest absolute Gasteiger partial charge is 0.0746 e. The Labute approximate surface area is 58.8 Å². The molecule has 0 aliphatic carbocycles. The van der Waals surface area contributed by atoms with Crippen LogP contribution < -0.4 is 5.73 Å². The molecule has 2 N–H and O–H groups in total. The van der Waals surface area contributed by atoms with Crippen molar-refractivity contribution in [3.63, 3.8) is 0 Å². The Morgan fingerprint density at radius 2 is 2.30 bits per heavy atom. The molecule has 52 valence electrons. The Hall–Kier alpha value is -1.09. The highest BCUT2D eigenvalue weighted by atomic mass is 16.5. The standard InChI is InChI=1S/C7H8N2O/c8-7-2-9-1-5-3-10-4-6(5)7/h1-2H,3-4,8H2. The minimum Gasteiger partial charge on any atom is -0.397 e. The normalized spacial score (nSPS) is 15.2. The predicted molar refractivity (Wildman–Crippen MR) is 37.1 cm³/mol. The van der Waals surface area contributed by atoms with Crippen molar-refractivity contribution < 1.29 is 4.74 Å². The number of pyridine rings is 1. The third-order valence-electron chi connectivity index (χ3n) is 1.68. The van der Waals surface area contributed by atoms with Crippen molar-refractivity contribution in [3.05, 3.63) is 23.5 Å². The first-order valence-corrected chi connectivity index (χ1v) is 3.17. The topological polar surface area (TPSA) is 48.1 Å². The van der Waals surface area contributed by atoms with E-state index in [9.17, 15) is 0 Å². The van der Waals surface area contributed by atoms with Gasteiger partial charge in [-0.25, -0.2) is 0 Å². The molecule has 1 aromatic heterocycles. The molecule has 1 aliphatic rings. The molecule has 0 atom stereocenters. The van der Waals surface area contributed by atoms with Crippen LogP contribution in [0.15, 0.2) is 12.4 Å². The lowest BCUT2D eigenvalue weighted by Crippen LogP contribution is -1.93. The van der Waals surface area contributed by atoms with Crippen LogP contribution in [0.5, 0.6) is 0 Å². The highest BCUT2D eigenvalue weighted by Gasteiger charge is 2.12. The highest BCUT2D eigenvalue weighted by Crippen LogP contribution is 2.22. The van der Waals surface area contributed by atoms with Gasteiger partial charge in [0, 0.05) is 17.3 Å². The molecule has 0 bridgehead atoms. The lowest BCUT2D eigenvalue weighted by molar-refractivity contribution is 0.134. The minimum absolute atomic E-state index is 0.643. The van der Waals surface area contributed by atoms with Gasteiger partial charge in [0.05, 0.1) is 25.1 Å². The van der Waals surface area contributed by atoms with Gasteiger partial charge in [-0.2, -0.15) is 0 Å². The number of nitrogens with zero attached hydrogens (tertiary/aromatic N) is 1. The monoisotopic (exact) mass is 136 g/mol. The van der Waals surface area contributed by atoms with E-state index in [1.165, 1.54) is 0 Å². The van der Waals surface area contributed by atoms with E-state index in [-0.39, 0.29) is 0 Å². The van der Waals surface area contributed by atoms with Gasteiger partial charge in [-0.1, -0.05) is 0 Å². The second-order valence-corrected chi connectivity index (χ2v) is 2.36. The molecule has 1 aromatic rings. The number of nitrogens with two attached hydrogens (primary N) is 1. The highest BCUT2D eigenvalue weighted by molar-refractivity contribution is 5.48. The minimum atomic E-state index is 0.643. The van der Waals surface area contributed by atoms with Crippen LogP contribution >= 0.6 is 0 Å². The third kappa shape index (κ3) is 0.675. The largest absolute Gasteiger partial charge is 0.397 e. The summed E-state index contributed by atoms with van der Waals surface area (Å²) in [6.07, 6.45) is 3.46. The summed E-state index contributed by atoms with van der Waals surface area (Å²) in [6.45, 7) is 1.30. The molecule has 0 fully saturated rings. The van der Waals surface area contributed by atoms with Crippen LogP contribution in [0.4, 0.5) is 5.69 Å². The van der Waals surface area contributed by atoms with Crippen LogP contribution in [-0.2, 0) is 18.0 Å². The third-order valence-corrected chi connectivity index (χ3v) is 1.68. The second kappa shape index (κ2) is 1.95. The number of aromatic nitrogens is 1. The second-order valence-electron chi connectivity index (χ2n) is 2.36. The van der Waals surface area contributed by atoms with Gasteiger partial charge in [-0.15, -0.1) is 0 Å². The molecule has 0 unspecified atom stereocenters. The Kier molecular flexibility index (Phi) is 1.11. The first kappa shape index (κ1) is 5.68. The average Bonchev–Trinajstić information content (AvgIpc) is 2.36. The zero-order chi connectivity index (χ0) is 6.97. The van der Waals surface area contributed by atoms with E-state index in [0.29, 0.717) is 13.2 Å². The van der Waals surface area contributed by atoms with Gasteiger partial charge >= 0.3 is 0 Å². The maximum Gasteiger partial charge on any atom is 0.0746 e. The number of hydrogen-bond donors (Lipinski definition) is 1. The zero-order valence-corrected chi connectivity index (χ0v) is 5.50. The summed E-state index contributed by atoms with van der Waals surface area (Å²) in [5, 5.41) is 0. The summed E-state index contributed by atoms with van der Waals surface area (Å²) in [7, 11) is 0. The van der Waals surface area contributed by atoms with E-state index in [2.05, 4.69) is 4.98 Å². The summed E-state index contributed by atoms with van der Waals surface area (Å²) in [5.74, 6) is 0. The fourth-order valence-corrected chi connectivity index (χ4v) is 1.11. The number of fused-ring (bicyclic) bond motifs is 1. The average molecular weight is 136 g/mol. The maximum absolute atomic E-state index is 5.63. The zero-order valence-electron chi connectivity index (χ0n) is 5.50. The molecule has 2 heterocycles. The molecule has 0 amide bonds. The molecule has 0 radical (unpaired) electrons. The first-order valence-electron chi connectivity index (χ1n) is 3.17. The molecular formula is C7H8N2O. The van der Waals surface area contributed by atoms with Gasteiger partial charge in [-0.3, -0.25) is 4.98 Å². The van der Waals surface area contributed by atoms with E-state index >= 15 is 0 Å². The number of anilines is 1. The van der Waals surface area contributed by atoms with Crippen LogP contribution in [0.3, 0.4) is 0 Å². The fourth-order valence-electron chi connectivity index (χ4n) is 1.11. The van der Waals surface area contributed by atoms with Crippen molar-refractivity contribution in [2.45, 2.75) is 13.2 Å². The van der Waals surface area contributed by atoms with Gasteiger partial charge < -0.3 is 10.5 Å². The van der Waals surface area contributed by atoms with Gasteiger partial charge in [0.15, 0.2) is 0 Å². The molecule has 0 spiro atoms. The maximum atomic E-state index is 5.63. The van der Waals surface area contributed by atoms with Crippen molar-refractivity contribution in [3.8, 4) is 0 Å². The fraction of sp³-hybridized carbons (Fsp3) is 0.286. The molecule has 0 saturated heterocycles. The SMILES string of the molecule is Nc1cncc2c1COC2. The number of nitrogen functional groups attached to an aromatic ring is 1. The lowest BCUT2D eigenvalue weighted by Gasteiger charge is -1.97. The van der Waals surface area contributed by atoms with E-state index in [1.54, 1.807) is 12.4 Å². The van der Waals surface area contributed by atoms with Crippen LogP contribution in [0, 0.1) is 0 Å². The number of ether oxygens (including phenoxy) is 1. The summed E-state index contributed by atoms with van der Waals surface area (Å²) in [5.41, 5.74) is 8.61. The summed E-state index contributed by atoms with van der Waals surface area (Å²) in [4.78, 5) is 3.95. The Morgan fingerprint density at radius 3 is 3.10 bits per heavy atom. The van der Waals surface area contributed by atoms with Crippen molar-refractivity contribution in [1.29, 1.82) is 0 Å². The summed E-state index contributed by atoms with van der Waals surface area (Å²) < 4.78 is 5.18. The number of hydrogen-bond acceptors (Lipinski definition) is 3. The molecule has 3 heteroatoms. The molecule has 2 rings (SSSR count). The van der Waals surface area contributed by atoms with Crippen LogP contribution in [0.25, 0.3) is 0 Å². The van der Waals surface area contributed by atoms with E-state index in [4.69, 9.17) is 10.5 Å². The Bertz CT molecular complexity index is 260. The van der Waals surface area contributed by atoms with E-state index in [1.807, 2.05) is 0 Å². The molecule has 1 aliphatic heterocycles. The predicted octanol–water partition coefficient (Wildman–Crippen LogP) is 0.694. The van der Waals surface area contributed by atoms with Crippen molar-refractivity contribution in [2.75, 3.05) is 5.73 Å². The van der Waals surface area contributed by atoms with Gasteiger partial charge in [0.2, 0.25) is 0 Å².